The Balaban J connectivity index is 2.51. The zero-order chi connectivity index (χ0) is 13.8. The van der Waals surface area contributed by atoms with Gasteiger partial charge in [-0.3, -0.25) is 0 Å². The van der Waals surface area contributed by atoms with Crippen LogP contribution in [-0.4, -0.2) is 21.3 Å². The zero-order valence-electron chi connectivity index (χ0n) is 10.1. The molecular formula is C10H15ClF3N3S. The first kappa shape index (κ1) is 15.5. The summed E-state index contributed by atoms with van der Waals surface area (Å²) in [4.78, 5) is 3.38. The standard InChI is InChI=1S/C10H15ClF3N3S/c1-3-6(4-2)7(11)5-15-9-16-8(17-18-9)10(12,13)14/h6-7H,3-5H2,1-2H3,(H,15,16,17). The van der Waals surface area contributed by atoms with Crippen molar-refractivity contribution in [1.29, 1.82) is 0 Å². The third-order valence-electron chi connectivity index (χ3n) is 2.69. The summed E-state index contributed by atoms with van der Waals surface area (Å²) in [5.74, 6) is -0.766. The van der Waals surface area contributed by atoms with Crippen LogP contribution in [-0.2, 0) is 6.18 Å². The molecule has 3 nitrogen and oxygen atoms in total. The second kappa shape index (κ2) is 6.56. The minimum absolute atomic E-state index is 0.127. The highest BCUT2D eigenvalue weighted by Crippen LogP contribution is 2.29. The monoisotopic (exact) mass is 301 g/mol. The van der Waals surface area contributed by atoms with E-state index in [4.69, 9.17) is 11.6 Å². The van der Waals surface area contributed by atoms with E-state index < -0.39 is 12.0 Å². The number of alkyl halides is 4. The fourth-order valence-electron chi connectivity index (χ4n) is 1.56. The van der Waals surface area contributed by atoms with E-state index >= 15 is 0 Å². The van der Waals surface area contributed by atoms with Gasteiger partial charge in [-0.05, 0) is 5.92 Å². The van der Waals surface area contributed by atoms with Crippen molar-refractivity contribution in [3.63, 3.8) is 0 Å². The van der Waals surface area contributed by atoms with Gasteiger partial charge in [0, 0.05) is 18.1 Å². The molecule has 0 aromatic carbocycles. The first-order valence-corrected chi connectivity index (χ1v) is 6.88. The number of nitrogens with zero attached hydrogens (tertiary/aromatic N) is 2. The molecule has 0 fully saturated rings. The van der Waals surface area contributed by atoms with Crippen molar-refractivity contribution < 1.29 is 13.2 Å². The normalized spacial score (nSPS) is 13.9. The molecule has 104 valence electrons. The second-order valence-corrected chi connectivity index (χ2v) is 5.21. The average Bonchev–Trinajstić information content (AvgIpc) is 2.76. The van der Waals surface area contributed by atoms with Gasteiger partial charge in [-0.1, -0.05) is 26.7 Å². The van der Waals surface area contributed by atoms with Crippen LogP contribution in [0.2, 0.25) is 0 Å². The first-order valence-electron chi connectivity index (χ1n) is 5.67. The van der Waals surface area contributed by atoms with Gasteiger partial charge in [0.1, 0.15) is 0 Å². The maximum absolute atomic E-state index is 12.3. The largest absolute Gasteiger partial charge is 0.452 e. The van der Waals surface area contributed by atoms with E-state index in [0.717, 1.165) is 12.8 Å². The van der Waals surface area contributed by atoms with E-state index in [-0.39, 0.29) is 10.5 Å². The Morgan fingerprint density at radius 1 is 1.33 bits per heavy atom. The SMILES string of the molecule is CCC(CC)C(Cl)CNc1nc(C(F)(F)F)ns1. The summed E-state index contributed by atoms with van der Waals surface area (Å²) >= 11 is 6.86. The number of rotatable bonds is 6. The Hall–Kier alpha value is -0.560. The van der Waals surface area contributed by atoms with Gasteiger partial charge in [-0.15, -0.1) is 11.6 Å². The van der Waals surface area contributed by atoms with Gasteiger partial charge in [0.05, 0.1) is 5.38 Å². The van der Waals surface area contributed by atoms with Gasteiger partial charge in [0.25, 0.3) is 0 Å². The van der Waals surface area contributed by atoms with Gasteiger partial charge in [-0.25, -0.2) is 0 Å². The molecule has 0 saturated heterocycles. The molecule has 0 aliphatic heterocycles. The minimum atomic E-state index is -4.49. The van der Waals surface area contributed by atoms with E-state index in [1.165, 1.54) is 0 Å². The van der Waals surface area contributed by atoms with Crippen LogP contribution < -0.4 is 5.32 Å². The highest BCUT2D eigenvalue weighted by Gasteiger charge is 2.36. The molecule has 0 amide bonds. The van der Waals surface area contributed by atoms with Crippen molar-refractivity contribution in [3.05, 3.63) is 5.82 Å². The lowest BCUT2D eigenvalue weighted by atomic mass is 9.99. The fourth-order valence-corrected chi connectivity index (χ4v) is 2.59. The number of nitrogens with one attached hydrogen (secondary N) is 1. The molecule has 0 aliphatic rings. The predicted molar refractivity (Wildman–Crippen MR) is 67.1 cm³/mol. The molecule has 0 saturated carbocycles. The molecule has 1 rings (SSSR count). The van der Waals surface area contributed by atoms with Crippen LogP contribution in [0.4, 0.5) is 18.3 Å². The minimum Gasteiger partial charge on any atom is -0.359 e. The van der Waals surface area contributed by atoms with Gasteiger partial charge in [0.2, 0.25) is 11.0 Å². The lowest BCUT2D eigenvalue weighted by Gasteiger charge is -2.18. The van der Waals surface area contributed by atoms with Crippen molar-refractivity contribution in [1.82, 2.24) is 9.36 Å². The Bertz CT molecular complexity index is 365. The van der Waals surface area contributed by atoms with Crippen LogP contribution in [0.3, 0.4) is 0 Å². The third-order valence-corrected chi connectivity index (χ3v) is 3.87. The maximum atomic E-state index is 12.3. The van der Waals surface area contributed by atoms with Gasteiger partial charge in [0.15, 0.2) is 0 Å². The number of anilines is 1. The molecule has 8 heteroatoms. The van der Waals surface area contributed by atoms with Gasteiger partial charge >= 0.3 is 6.18 Å². The Kier molecular flexibility index (Phi) is 5.65. The summed E-state index contributed by atoms with van der Waals surface area (Å²) in [5, 5.41) is 2.82. The molecule has 0 spiro atoms. The first-order chi connectivity index (χ1) is 8.38. The van der Waals surface area contributed by atoms with Crippen LogP contribution in [0.15, 0.2) is 0 Å². The van der Waals surface area contributed by atoms with Crippen LogP contribution >= 0.6 is 23.1 Å². The van der Waals surface area contributed by atoms with Crippen LogP contribution in [0.25, 0.3) is 0 Å². The second-order valence-electron chi connectivity index (χ2n) is 3.89. The van der Waals surface area contributed by atoms with Crippen molar-refractivity contribution in [2.45, 2.75) is 38.2 Å². The van der Waals surface area contributed by atoms with Gasteiger partial charge < -0.3 is 5.32 Å². The summed E-state index contributed by atoms with van der Waals surface area (Å²) in [6.07, 6.45) is -2.61. The molecule has 0 radical (unpaired) electrons. The van der Waals surface area contributed by atoms with Crippen molar-refractivity contribution in [2.75, 3.05) is 11.9 Å². The summed E-state index contributed by atoms with van der Waals surface area (Å²) in [7, 11) is 0. The molecule has 1 heterocycles. The lowest BCUT2D eigenvalue weighted by Crippen LogP contribution is -2.22. The number of hydrogen-bond acceptors (Lipinski definition) is 4. The molecule has 18 heavy (non-hydrogen) atoms. The van der Waals surface area contributed by atoms with Gasteiger partial charge in [-0.2, -0.15) is 22.5 Å². The number of aromatic nitrogens is 2. The molecule has 1 N–H and O–H groups in total. The quantitative estimate of drug-likeness (QED) is 0.807. The molecule has 1 aromatic rings. The summed E-state index contributed by atoms with van der Waals surface area (Å²) in [6.45, 7) is 4.47. The molecule has 0 aliphatic carbocycles. The molecule has 1 aromatic heterocycles. The Morgan fingerprint density at radius 3 is 2.39 bits per heavy atom. The van der Waals surface area contributed by atoms with E-state index in [2.05, 4.69) is 14.7 Å². The maximum Gasteiger partial charge on any atom is 0.452 e. The summed E-state index contributed by atoms with van der Waals surface area (Å²) < 4.78 is 40.0. The van der Waals surface area contributed by atoms with Crippen molar-refractivity contribution in [2.24, 2.45) is 5.92 Å². The molecule has 1 atom stereocenters. The van der Waals surface area contributed by atoms with Crippen molar-refractivity contribution in [3.8, 4) is 0 Å². The highest BCUT2D eigenvalue weighted by atomic mass is 35.5. The molecular weight excluding hydrogens is 287 g/mol. The van der Waals surface area contributed by atoms with E-state index in [9.17, 15) is 13.2 Å². The topological polar surface area (TPSA) is 37.8 Å². The molecule has 1 unspecified atom stereocenters. The highest BCUT2D eigenvalue weighted by molar-refractivity contribution is 7.09. The Labute approximate surface area is 113 Å². The predicted octanol–water partition coefficient (Wildman–Crippen LogP) is 4.01. The fraction of sp³-hybridized carbons (Fsp3) is 0.800. The average molecular weight is 302 g/mol. The van der Waals surface area contributed by atoms with Crippen molar-refractivity contribution >= 4 is 28.3 Å². The number of halogens is 4. The van der Waals surface area contributed by atoms with E-state index in [1.54, 1.807) is 0 Å². The third kappa shape index (κ3) is 4.28. The Morgan fingerprint density at radius 2 is 1.94 bits per heavy atom. The molecule has 0 bridgehead atoms. The number of hydrogen-bond donors (Lipinski definition) is 1. The smallest absolute Gasteiger partial charge is 0.359 e. The van der Waals surface area contributed by atoms with E-state index in [0.29, 0.717) is 24.0 Å². The van der Waals surface area contributed by atoms with E-state index in [1.807, 2.05) is 13.8 Å². The van der Waals surface area contributed by atoms with Crippen LogP contribution in [0.5, 0.6) is 0 Å². The van der Waals surface area contributed by atoms with Crippen LogP contribution in [0.1, 0.15) is 32.5 Å². The summed E-state index contributed by atoms with van der Waals surface area (Å²) in [5.41, 5.74) is 0. The lowest BCUT2D eigenvalue weighted by molar-refractivity contribution is -0.144. The van der Waals surface area contributed by atoms with Crippen LogP contribution in [0, 0.1) is 5.92 Å². The zero-order valence-corrected chi connectivity index (χ0v) is 11.7. The summed E-state index contributed by atoms with van der Waals surface area (Å²) in [6, 6.07) is 0.